The molecule has 3 atom stereocenters. The van der Waals surface area contributed by atoms with Crippen LogP contribution in [0.5, 0.6) is 0 Å². The van der Waals surface area contributed by atoms with Gasteiger partial charge in [-0.25, -0.2) is 0 Å². The molecule has 0 aliphatic carbocycles. The van der Waals surface area contributed by atoms with Gasteiger partial charge in [0, 0.05) is 22.9 Å². The van der Waals surface area contributed by atoms with Crippen LogP contribution in [0.4, 0.5) is 14.5 Å². The fraction of sp³-hybridized carbons (Fsp3) is 0.265. The molecule has 4 aromatic rings. The van der Waals surface area contributed by atoms with E-state index in [0.29, 0.717) is 43.2 Å². The molecule has 4 aromatic carbocycles. The first-order valence-electron chi connectivity index (χ1n) is 15.0. The number of amides is 3. The third-order valence-electron chi connectivity index (χ3n) is 8.77. The number of carbonyl (C=O) groups is 3. The van der Waals surface area contributed by atoms with Crippen LogP contribution in [0.25, 0.3) is 21.9 Å². The van der Waals surface area contributed by atoms with E-state index in [4.69, 9.17) is 9.79 Å². The Balaban J connectivity index is 1.16. The van der Waals surface area contributed by atoms with Crippen LogP contribution >= 0.6 is 7.60 Å². The van der Waals surface area contributed by atoms with Crippen LogP contribution in [0, 0.1) is 0 Å². The Hall–Kier alpha value is -4.44. The van der Waals surface area contributed by atoms with Gasteiger partial charge in [-0.3, -0.25) is 18.9 Å². The average Bonchev–Trinajstić information content (AvgIpc) is 3.41. The van der Waals surface area contributed by atoms with Gasteiger partial charge in [0.25, 0.3) is 5.91 Å². The molecule has 4 N–H and O–H groups in total. The van der Waals surface area contributed by atoms with E-state index in [1.165, 1.54) is 24.3 Å². The van der Waals surface area contributed by atoms with Crippen LogP contribution in [0.2, 0.25) is 0 Å². The van der Waals surface area contributed by atoms with Crippen LogP contribution in [0.1, 0.15) is 48.0 Å². The van der Waals surface area contributed by atoms with E-state index in [-0.39, 0.29) is 28.8 Å². The molecule has 238 valence electrons. The van der Waals surface area contributed by atoms with Crippen molar-refractivity contribution in [3.8, 4) is 11.1 Å². The largest absolute Gasteiger partial charge is 0.399 e. The molecule has 46 heavy (non-hydrogen) atoms. The summed E-state index contributed by atoms with van der Waals surface area (Å²) in [5.74, 6) is -1.26. The summed E-state index contributed by atoms with van der Waals surface area (Å²) >= 11 is 0. The van der Waals surface area contributed by atoms with Crippen molar-refractivity contribution in [3.63, 3.8) is 0 Å². The molecule has 6 rings (SSSR count). The zero-order valence-electron chi connectivity index (χ0n) is 24.6. The predicted octanol–water partition coefficient (Wildman–Crippen LogP) is 6.01. The SMILES string of the molecule is O=C(NC1CCC[C@H]2CC[C@@H](C(=O)Nc3ccc(-c4ccccc4)cc3)N2C1=O)c1ccc2ccc(C(F)(F)P(=O)(O)O)cc2c1. The van der Waals surface area contributed by atoms with Gasteiger partial charge >= 0.3 is 13.3 Å². The first-order valence-corrected chi connectivity index (χ1v) is 16.6. The Kier molecular flexibility index (Phi) is 8.50. The third kappa shape index (κ3) is 6.18. The Labute approximate surface area is 263 Å². The summed E-state index contributed by atoms with van der Waals surface area (Å²) in [4.78, 5) is 60.4. The number of hydrogen-bond donors (Lipinski definition) is 4. The van der Waals surface area contributed by atoms with E-state index < -0.39 is 36.8 Å². The quantitative estimate of drug-likeness (QED) is 0.181. The summed E-state index contributed by atoms with van der Waals surface area (Å²) in [6.45, 7) is 0. The zero-order chi connectivity index (χ0) is 32.6. The first-order chi connectivity index (χ1) is 21.9. The molecule has 9 nitrogen and oxygen atoms in total. The monoisotopic (exact) mass is 647 g/mol. The minimum atomic E-state index is -5.77. The molecular weight excluding hydrogens is 615 g/mol. The molecule has 2 aliphatic heterocycles. The Bertz CT molecular complexity index is 1850. The number of halogens is 2. The Morgan fingerprint density at radius 1 is 0.826 bits per heavy atom. The summed E-state index contributed by atoms with van der Waals surface area (Å²) in [5.41, 5.74) is -2.51. The maximum absolute atomic E-state index is 14.3. The lowest BCUT2D eigenvalue weighted by molar-refractivity contribution is -0.139. The van der Waals surface area contributed by atoms with Crippen LogP contribution in [0.3, 0.4) is 0 Å². The summed E-state index contributed by atoms with van der Waals surface area (Å²) in [5, 5.41) is 6.37. The van der Waals surface area contributed by atoms with Crippen LogP contribution in [-0.4, -0.2) is 50.5 Å². The number of benzene rings is 4. The molecule has 2 aliphatic rings. The summed E-state index contributed by atoms with van der Waals surface area (Å²) in [6, 6.07) is 23.1. The predicted molar refractivity (Wildman–Crippen MR) is 169 cm³/mol. The lowest BCUT2D eigenvalue weighted by atomic mass is 10.0. The van der Waals surface area contributed by atoms with Gasteiger partial charge in [-0.05, 0) is 84.3 Å². The van der Waals surface area contributed by atoms with Crippen molar-refractivity contribution < 1.29 is 37.5 Å². The number of nitrogens with one attached hydrogen (secondary N) is 2. The number of alkyl halides is 2. The van der Waals surface area contributed by atoms with Gasteiger partial charge in [-0.2, -0.15) is 8.78 Å². The molecule has 2 saturated heterocycles. The van der Waals surface area contributed by atoms with Crippen LogP contribution < -0.4 is 10.6 Å². The minimum absolute atomic E-state index is 0.0902. The lowest BCUT2D eigenvalue weighted by Gasteiger charge is -2.30. The highest BCUT2D eigenvalue weighted by atomic mass is 31.2. The number of rotatable bonds is 7. The summed E-state index contributed by atoms with van der Waals surface area (Å²) < 4.78 is 40.0. The number of hydrogen-bond acceptors (Lipinski definition) is 4. The van der Waals surface area contributed by atoms with Crippen molar-refractivity contribution in [2.24, 2.45) is 0 Å². The van der Waals surface area contributed by atoms with E-state index in [1.807, 2.05) is 54.6 Å². The zero-order valence-corrected chi connectivity index (χ0v) is 25.5. The van der Waals surface area contributed by atoms with Crippen molar-refractivity contribution in [1.82, 2.24) is 10.2 Å². The molecule has 0 bridgehead atoms. The molecule has 3 amide bonds. The maximum Gasteiger partial charge on any atom is 0.399 e. The van der Waals surface area contributed by atoms with E-state index in [2.05, 4.69) is 10.6 Å². The minimum Gasteiger partial charge on any atom is -0.340 e. The molecular formula is C34H32F2N3O6P. The summed E-state index contributed by atoms with van der Waals surface area (Å²) in [7, 11) is -5.77. The lowest BCUT2D eigenvalue weighted by Crippen LogP contribution is -2.53. The molecule has 2 heterocycles. The fourth-order valence-corrected chi connectivity index (χ4v) is 6.81. The second-order valence-electron chi connectivity index (χ2n) is 11.7. The molecule has 1 unspecified atom stereocenters. The molecule has 12 heteroatoms. The van der Waals surface area contributed by atoms with Crippen molar-refractivity contribution in [2.45, 2.75) is 55.9 Å². The van der Waals surface area contributed by atoms with Gasteiger partial charge in [0.1, 0.15) is 12.1 Å². The van der Waals surface area contributed by atoms with Crippen molar-refractivity contribution in [2.75, 3.05) is 5.32 Å². The average molecular weight is 648 g/mol. The number of anilines is 1. The maximum atomic E-state index is 14.3. The molecule has 2 fully saturated rings. The fourth-order valence-electron chi connectivity index (χ4n) is 6.34. The van der Waals surface area contributed by atoms with Crippen LogP contribution in [0.15, 0.2) is 91.0 Å². The molecule has 0 saturated carbocycles. The number of fused-ring (bicyclic) bond motifs is 2. The number of nitrogens with zero attached hydrogens (tertiary/aromatic N) is 1. The topological polar surface area (TPSA) is 136 Å². The first kappa shape index (κ1) is 31.5. The standard InChI is InChI=1S/C34H32F2N3O6P/c35-34(36,46(43,44)45)26-14-11-23-9-10-24(19-25(23)20-26)31(40)38-29-8-4-7-28-17-18-30(39(28)33(29)42)32(41)37-27-15-12-22(13-16-27)21-5-2-1-3-6-21/h1-3,5-6,9-16,19-20,28-30H,4,7-8,17-18H2,(H,37,41)(H,38,40)(H2,43,44,45)/t28-,29?,30-/m0/s1. The second kappa shape index (κ2) is 12.4. The highest BCUT2D eigenvalue weighted by Gasteiger charge is 2.50. The molecule has 0 spiro atoms. The van der Waals surface area contributed by atoms with E-state index in [1.54, 1.807) is 4.90 Å². The van der Waals surface area contributed by atoms with Gasteiger partial charge in [0.15, 0.2) is 0 Å². The molecule has 0 aromatic heterocycles. The second-order valence-corrected chi connectivity index (χ2v) is 13.4. The smallest absolute Gasteiger partial charge is 0.340 e. The van der Waals surface area contributed by atoms with E-state index in [0.717, 1.165) is 23.3 Å². The highest BCUT2D eigenvalue weighted by Crippen LogP contribution is 2.59. The van der Waals surface area contributed by atoms with Gasteiger partial charge in [0.05, 0.1) is 0 Å². The normalized spacial score (nSPS) is 20.2. The summed E-state index contributed by atoms with van der Waals surface area (Å²) in [6.07, 6.45) is 2.89. The van der Waals surface area contributed by atoms with Gasteiger partial charge in [-0.15, -0.1) is 0 Å². The van der Waals surface area contributed by atoms with Gasteiger partial charge < -0.3 is 25.3 Å². The highest BCUT2D eigenvalue weighted by molar-refractivity contribution is 7.52. The van der Waals surface area contributed by atoms with E-state index in [9.17, 15) is 27.7 Å². The van der Waals surface area contributed by atoms with Crippen molar-refractivity contribution in [1.29, 1.82) is 0 Å². The Morgan fingerprint density at radius 2 is 1.52 bits per heavy atom. The van der Waals surface area contributed by atoms with Crippen LogP contribution in [-0.2, 0) is 19.8 Å². The van der Waals surface area contributed by atoms with Gasteiger partial charge in [0.2, 0.25) is 11.8 Å². The number of carbonyl (C=O) groups excluding carboxylic acids is 3. The third-order valence-corrected chi connectivity index (χ3v) is 9.76. The Morgan fingerprint density at radius 3 is 2.24 bits per heavy atom. The van der Waals surface area contributed by atoms with Crippen molar-refractivity contribution in [3.05, 3.63) is 102 Å². The van der Waals surface area contributed by atoms with Gasteiger partial charge in [-0.1, -0.05) is 60.7 Å². The molecule has 0 radical (unpaired) electrons. The van der Waals surface area contributed by atoms with E-state index >= 15 is 0 Å². The van der Waals surface area contributed by atoms with Crippen molar-refractivity contribution >= 4 is 41.8 Å².